The number of rotatable bonds is 2. The van der Waals surface area contributed by atoms with Crippen molar-refractivity contribution in [3.05, 3.63) is 0 Å². The highest BCUT2D eigenvalue weighted by atomic mass is 16.1. The Morgan fingerprint density at radius 3 is 2.58 bits per heavy atom. The predicted molar refractivity (Wildman–Crippen MR) is 50.2 cm³/mol. The monoisotopic (exact) mass is 169 g/mol. The molecule has 70 valence electrons. The highest BCUT2D eigenvalue weighted by molar-refractivity contribution is 5.85. The van der Waals surface area contributed by atoms with E-state index in [4.69, 9.17) is 0 Å². The van der Waals surface area contributed by atoms with Crippen LogP contribution in [0.2, 0.25) is 0 Å². The molecule has 1 fully saturated rings. The third-order valence-corrected chi connectivity index (χ3v) is 3.18. The molecule has 12 heavy (non-hydrogen) atoms. The maximum absolute atomic E-state index is 11.4. The van der Waals surface area contributed by atoms with Gasteiger partial charge in [-0.2, -0.15) is 0 Å². The Balaban J connectivity index is 2.75. The van der Waals surface area contributed by atoms with E-state index in [1.54, 1.807) is 6.92 Å². The van der Waals surface area contributed by atoms with Crippen LogP contribution in [0.4, 0.5) is 0 Å². The molecule has 2 heteroatoms. The first kappa shape index (κ1) is 9.72. The summed E-state index contributed by atoms with van der Waals surface area (Å²) in [5.41, 5.74) is -0.160. The first-order chi connectivity index (χ1) is 5.61. The number of hydrogen-bond donors (Lipinski definition) is 0. The quantitative estimate of drug-likeness (QED) is 0.628. The Labute approximate surface area is 74.9 Å². The van der Waals surface area contributed by atoms with Crippen LogP contribution in [0.15, 0.2) is 0 Å². The summed E-state index contributed by atoms with van der Waals surface area (Å²) in [4.78, 5) is 13.8. The Hall–Kier alpha value is -0.370. The van der Waals surface area contributed by atoms with Gasteiger partial charge < -0.3 is 0 Å². The van der Waals surface area contributed by atoms with E-state index in [9.17, 15) is 4.79 Å². The summed E-state index contributed by atoms with van der Waals surface area (Å²) in [6.07, 6.45) is 3.49. The Kier molecular flexibility index (Phi) is 2.89. The second kappa shape index (κ2) is 3.56. The molecule has 1 aliphatic heterocycles. The zero-order valence-corrected chi connectivity index (χ0v) is 8.39. The minimum atomic E-state index is -0.160. The fourth-order valence-electron chi connectivity index (χ4n) is 2.08. The van der Waals surface area contributed by atoms with E-state index in [1.165, 1.54) is 12.8 Å². The standard InChI is InChI=1S/C10H19NO/c1-4-11-8-6-5-7-10(11,3)9(2)12/h4-8H2,1-3H3. The van der Waals surface area contributed by atoms with E-state index in [0.717, 1.165) is 19.5 Å². The van der Waals surface area contributed by atoms with Gasteiger partial charge in [-0.15, -0.1) is 0 Å². The predicted octanol–water partition coefficient (Wildman–Crippen LogP) is 1.84. The SMILES string of the molecule is CCN1CCCCC1(C)C(C)=O. The normalized spacial score (nSPS) is 31.9. The van der Waals surface area contributed by atoms with Crippen LogP contribution >= 0.6 is 0 Å². The lowest BCUT2D eigenvalue weighted by atomic mass is 9.85. The average Bonchev–Trinajstić information content (AvgIpc) is 2.05. The topological polar surface area (TPSA) is 20.3 Å². The largest absolute Gasteiger partial charge is 0.298 e. The van der Waals surface area contributed by atoms with Gasteiger partial charge in [-0.1, -0.05) is 6.92 Å². The van der Waals surface area contributed by atoms with Gasteiger partial charge in [0.15, 0.2) is 0 Å². The number of carbonyl (C=O) groups excluding carboxylic acids is 1. The van der Waals surface area contributed by atoms with Gasteiger partial charge in [0.05, 0.1) is 5.54 Å². The summed E-state index contributed by atoms with van der Waals surface area (Å²) in [5, 5.41) is 0. The molecule has 0 aliphatic carbocycles. The van der Waals surface area contributed by atoms with Crippen molar-refractivity contribution in [2.45, 2.75) is 45.6 Å². The van der Waals surface area contributed by atoms with Gasteiger partial charge in [-0.05, 0) is 46.2 Å². The molecule has 0 spiro atoms. The molecule has 1 unspecified atom stereocenters. The molecule has 0 radical (unpaired) electrons. The molecule has 1 saturated heterocycles. The van der Waals surface area contributed by atoms with Crippen molar-refractivity contribution in [1.82, 2.24) is 4.90 Å². The lowest BCUT2D eigenvalue weighted by Crippen LogP contribution is -2.54. The van der Waals surface area contributed by atoms with Crippen LogP contribution in [0.5, 0.6) is 0 Å². The van der Waals surface area contributed by atoms with Gasteiger partial charge in [0, 0.05) is 0 Å². The second-order valence-electron chi connectivity index (χ2n) is 3.87. The van der Waals surface area contributed by atoms with Crippen LogP contribution in [0.3, 0.4) is 0 Å². The molecule has 2 nitrogen and oxygen atoms in total. The minimum absolute atomic E-state index is 0.160. The second-order valence-corrected chi connectivity index (χ2v) is 3.87. The highest BCUT2D eigenvalue weighted by Crippen LogP contribution is 2.28. The van der Waals surface area contributed by atoms with E-state index in [1.807, 2.05) is 0 Å². The first-order valence-corrected chi connectivity index (χ1v) is 4.87. The summed E-state index contributed by atoms with van der Waals surface area (Å²) >= 11 is 0. The molecule has 1 aliphatic rings. The van der Waals surface area contributed by atoms with Gasteiger partial charge in [-0.3, -0.25) is 9.69 Å². The van der Waals surface area contributed by atoms with E-state index >= 15 is 0 Å². The number of likely N-dealkylation sites (tertiary alicyclic amines) is 1. The Morgan fingerprint density at radius 1 is 1.50 bits per heavy atom. The van der Waals surface area contributed by atoms with Crippen molar-refractivity contribution < 1.29 is 4.79 Å². The average molecular weight is 169 g/mol. The molecule has 0 amide bonds. The summed E-state index contributed by atoms with van der Waals surface area (Å²) in [6.45, 7) is 8.02. The van der Waals surface area contributed by atoms with Crippen molar-refractivity contribution >= 4 is 5.78 Å². The fraction of sp³-hybridized carbons (Fsp3) is 0.900. The van der Waals surface area contributed by atoms with Crippen LogP contribution in [-0.2, 0) is 4.79 Å². The highest BCUT2D eigenvalue weighted by Gasteiger charge is 2.37. The van der Waals surface area contributed by atoms with E-state index in [2.05, 4.69) is 18.7 Å². The zero-order chi connectivity index (χ0) is 9.19. The molecule has 0 N–H and O–H groups in total. The van der Waals surface area contributed by atoms with Crippen molar-refractivity contribution in [1.29, 1.82) is 0 Å². The van der Waals surface area contributed by atoms with Crippen LogP contribution in [0.1, 0.15) is 40.0 Å². The smallest absolute Gasteiger partial charge is 0.149 e. The molecule has 0 aromatic rings. The molecule has 1 heterocycles. The number of Topliss-reactive ketones (excluding diaryl/α,β-unsaturated/α-hetero) is 1. The molecular formula is C10H19NO. The fourth-order valence-corrected chi connectivity index (χ4v) is 2.08. The Bertz CT molecular complexity index is 179. The van der Waals surface area contributed by atoms with Crippen molar-refractivity contribution in [3.63, 3.8) is 0 Å². The third-order valence-electron chi connectivity index (χ3n) is 3.18. The van der Waals surface area contributed by atoms with Crippen LogP contribution < -0.4 is 0 Å². The number of carbonyl (C=O) groups is 1. The van der Waals surface area contributed by atoms with Crippen molar-refractivity contribution in [3.8, 4) is 0 Å². The summed E-state index contributed by atoms with van der Waals surface area (Å²) < 4.78 is 0. The van der Waals surface area contributed by atoms with Gasteiger partial charge in [0.2, 0.25) is 0 Å². The van der Waals surface area contributed by atoms with E-state index < -0.39 is 0 Å². The van der Waals surface area contributed by atoms with E-state index in [-0.39, 0.29) is 5.54 Å². The first-order valence-electron chi connectivity index (χ1n) is 4.87. The van der Waals surface area contributed by atoms with Gasteiger partial charge in [0.25, 0.3) is 0 Å². The van der Waals surface area contributed by atoms with Crippen molar-refractivity contribution in [2.75, 3.05) is 13.1 Å². The molecular weight excluding hydrogens is 150 g/mol. The maximum atomic E-state index is 11.4. The van der Waals surface area contributed by atoms with Crippen LogP contribution in [0.25, 0.3) is 0 Å². The number of piperidine rings is 1. The molecule has 1 rings (SSSR count). The molecule has 1 atom stereocenters. The third kappa shape index (κ3) is 1.53. The van der Waals surface area contributed by atoms with Crippen LogP contribution in [-0.4, -0.2) is 29.3 Å². The molecule has 0 aromatic heterocycles. The van der Waals surface area contributed by atoms with Gasteiger partial charge >= 0.3 is 0 Å². The number of likely N-dealkylation sites (N-methyl/N-ethyl adjacent to an activating group) is 1. The lowest BCUT2D eigenvalue weighted by molar-refractivity contribution is -0.130. The van der Waals surface area contributed by atoms with Gasteiger partial charge in [-0.25, -0.2) is 0 Å². The zero-order valence-electron chi connectivity index (χ0n) is 8.39. The lowest BCUT2D eigenvalue weighted by Gasteiger charge is -2.42. The number of hydrogen-bond acceptors (Lipinski definition) is 2. The van der Waals surface area contributed by atoms with Crippen molar-refractivity contribution in [2.24, 2.45) is 0 Å². The summed E-state index contributed by atoms with van der Waals surface area (Å²) in [7, 11) is 0. The summed E-state index contributed by atoms with van der Waals surface area (Å²) in [5.74, 6) is 0.323. The van der Waals surface area contributed by atoms with Gasteiger partial charge in [0.1, 0.15) is 5.78 Å². The number of nitrogens with zero attached hydrogens (tertiary/aromatic N) is 1. The molecule has 0 saturated carbocycles. The Morgan fingerprint density at radius 2 is 2.17 bits per heavy atom. The molecule has 0 bridgehead atoms. The van der Waals surface area contributed by atoms with Crippen LogP contribution in [0, 0.1) is 0 Å². The minimum Gasteiger partial charge on any atom is -0.298 e. The summed E-state index contributed by atoms with van der Waals surface area (Å²) in [6, 6.07) is 0. The molecule has 0 aromatic carbocycles. The maximum Gasteiger partial charge on any atom is 0.149 e. The van der Waals surface area contributed by atoms with E-state index in [0.29, 0.717) is 5.78 Å². The number of ketones is 1.